The van der Waals surface area contributed by atoms with Crippen LogP contribution in [0.25, 0.3) is 0 Å². The fraction of sp³-hybridized carbons (Fsp3) is 0.667. The summed E-state index contributed by atoms with van der Waals surface area (Å²) in [5.41, 5.74) is 4.12. The molecule has 1 heterocycles. The number of piperazine rings is 1. The lowest BCUT2D eigenvalue weighted by Gasteiger charge is -2.38. The topological polar surface area (TPSA) is 49.3 Å². The maximum atomic E-state index is 5.50. The van der Waals surface area contributed by atoms with Crippen molar-refractivity contribution in [2.45, 2.75) is 26.7 Å². The molecule has 0 saturated carbocycles. The molecule has 0 atom stereocenters. The van der Waals surface area contributed by atoms with Gasteiger partial charge in [-0.1, -0.05) is 12.1 Å². The molecule has 1 N–H and O–H groups in total. The minimum Gasteiger partial charge on any atom is -0.382 e. The molecule has 28 heavy (non-hydrogen) atoms. The summed E-state index contributed by atoms with van der Waals surface area (Å²) in [7, 11) is 3.56. The molecule has 1 fully saturated rings. The van der Waals surface area contributed by atoms with Crippen molar-refractivity contribution in [3.63, 3.8) is 0 Å². The number of nitrogens with zero attached hydrogens (tertiary/aromatic N) is 3. The van der Waals surface area contributed by atoms with Gasteiger partial charge in [0, 0.05) is 59.2 Å². The summed E-state index contributed by atoms with van der Waals surface area (Å²) in [5.74, 6) is 1.01. The van der Waals surface area contributed by atoms with Crippen LogP contribution in [-0.2, 0) is 9.47 Å². The zero-order valence-corrected chi connectivity index (χ0v) is 20.2. The number of halogens is 1. The van der Waals surface area contributed by atoms with Gasteiger partial charge in [-0.15, -0.1) is 24.0 Å². The fourth-order valence-electron chi connectivity index (χ4n) is 3.34. The highest BCUT2D eigenvalue weighted by Gasteiger charge is 2.20. The second kappa shape index (κ2) is 14.0. The third kappa shape index (κ3) is 7.75. The molecule has 1 aliphatic rings. The average Bonchev–Trinajstić information content (AvgIpc) is 2.69. The molecule has 0 amide bonds. The van der Waals surface area contributed by atoms with Gasteiger partial charge >= 0.3 is 0 Å². The molecular weight excluding hydrogens is 467 g/mol. The number of aliphatic imine (C=N–C) groups is 1. The molecule has 1 aromatic rings. The van der Waals surface area contributed by atoms with E-state index in [1.165, 1.54) is 16.8 Å². The van der Waals surface area contributed by atoms with Gasteiger partial charge in [0.2, 0.25) is 0 Å². The summed E-state index contributed by atoms with van der Waals surface area (Å²) in [6.07, 6.45) is 2.13. The monoisotopic (exact) mass is 504 g/mol. The van der Waals surface area contributed by atoms with Crippen LogP contribution < -0.4 is 10.2 Å². The molecule has 0 bridgehead atoms. The van der Waals surface area contributed by atoms with E-state index in [2.05, 4.69) is 52.2 Å². The van der Waals surface area contributed by atoms with Gasteiger partial charge in [-0.3, -0.25) is 4.99 Å². The minimum absolute atomic E-state index is 0. The van der Waals surface area contributed by atoms with Crippen molar-refractivity contribution in [2.75, 3.05) is 71.6 Å². The molecule has 0 spiro atoms. The smallest absolute Gasteiger partial charge is 0.193 e. The number of hydrogen-bond donors (Lipinski definition) is 1. The van der Waals surface area contributed by atoms with E-state index in [1.807, 2.05) is 7.05 Å². The first-order chi connectivity index (χ1) is 13.2. The van der Waals surface area contributed by atoms with Crippen molar-refractivity contribution in [3.8, 4) is 0 Å². The predicted molar refractivity (Wildman–Crippen MR) is 128 cm³/mol. The van der Waals surface area contributed by atoms with Gasteiger partial charge < -0.3 is 24.6 Å². The number of hydrogen-bond acceptors (Lipinski definition) is 4. The summed E-state index contributed by atoms with van der Waals surface area (Å²) in [6.45, 7) is 11.5. The molecule has 2 rings (SSSR count). The molecule has 0 aromatic heterocycles. The fourth-order valence-corrected chi connectivity index (χ4v) is 3.34. The third-order valence-corrected chi connectivity index (χ3v) is 5.14. The van der Waals surface area contributed by atoms with Crippen LogP contribution in [0.2, 0.25) is 0 Å². The summed E-state index contributed by atoms with van der Waals surface area (Å²) >= 11 is 0. The van der Waals surface area contributed by atoms with Crippen LogP contribution in [0.4, 0.5) is 5.69 Å². The van der Waals surface area contributed by atoms with E-state index < -0.39 is 0 Å². The van der Waals surface area contributed by atoms with Gasteiger partial charge in [-0.2, -0.15) is 0 Å². The van der Waals surface area contributed by atoms with Gasteiger partial charge in [0.25, 0.3) is 0 Å². The Kier molecular flexibility index (Phi) is 12.5. The second-order valence-corrected chi connectivity index (χ2v) is 6.98. The van der Waals surface area contributed by atoms with Crippen molar-refractivity contribution in [1.82, 2.24) is 10.2 Å². The van der Waals surface area contributed by atoms with Gasteiger partial charge in [0.1, 0.15) is 0 Å². The van der Waals surface area contributed by atoms with Crippen LogP contribution in [0.15, 0.2) is 23.2 Å². The molecule has 6 nitrogen and oxygen atoms in total. The third-order valence-electron chi connectivity index (χ3n) is 5.14. The lowest BCUT2D eigenvalue weighted by Crippen LogP contribution is -2.52. The van der Waals surface area contributed by atoms with E-state index in [9.17, 15) is 0 Å². The van der Waals surface area contributed by atoms with Gasteiger partial charge in [0.15, 0.2) is 5.96 Å². The maximum Gasteiger partial charge on any atom is 0.193 e. The lowest BCUT2D eigenvalue weighted by atomic mass is 10.1. The first-order valence-electron chi connectivity index (χ1n) is 10.0. The lowest BCUT2D eigenvalue weighted by molar-refractivity contribution is 0.0689. The van der Waals surface area contributed by atoms with Gasteiger partial charge in [-0.05, 0) is 43.9 Å². The first kappa shape index (κ1) is 25.0. The Hall–Kier alpha value is -1.06. The van der Waals surface area contributed by atoms with Crippen LogP contribution in [-0.4, -0.2) is 77.6 Å². The van der Waals surface area contributed by atoms with E-state index in [0.29, 0.717) is 13.2 Å². The van der Waals surface area contributed by atoms with Crippen LogP contribution in [0.3, 0.4) is 0 Å². The largest absolute Gasteiger partial charge is 0.382 e. The van der Waals surface area contributed by atoms with Crippen molar-refractivity contribution in [1.29, 1.82) is 0 Å². The molecule has 1 aliphatic heterocycles. The van der Waals surface area contributed by atoms with E-state index in [0.717, 1.165) is 58.1 Å². The zero-order chi connectivity index (χ0) is 19.5. The molecular formula is C21H37IN4O2. The van der Waals surface area contributed by atoms with Crippen LogP contribution in [0.1, 0.15) is 24.0 Å². The Morgan fingerprint density at radius 3 is 2.50 bits per heavy atom. The molecule has 1 saturated heterocycles. The van der Waals surface area contributed by atoms with Crippen molar-refractivity contribution >= 4 is 35.6 Å². The van der Waals surface area contributed by atoms with Crippen molar-refractivity contribution in [3.05, 3.63) is 29.3 Å². The molecule has 0 aliphatic carbocycles. The highest BCUT2D eigenvalue weighted by molar-refractivity contribution is 14.0. The highest BCUT2D eigenvalue weighted by atomic mass is 127. The van der Waals surface area contributed by atoms with Crippen LogP contribution >= 0.6 is 24.0 Å². The van der Waals surface area contributed by atoms with E-state index in [4.69, 9.17) is 9.47 Å². The summed E-state index contributed by atoms with van der Waals surface area (Å²) in [5, 5.41) is 3.49. The number of rotatable bonds is 9. The average molecular weight is 504 g/mol. The predicted octanol–water partition coefficient (Wildman–Crippen LogP) is 3.06. The second-order valence-electron chi connectivity index (χ2n) is 6.98. The Balaban J connectivity index is 0.00000392. The Morgan fingerprint density at radius 1 is 1.07 bits per heavy atom. The number of guanidine groups is 1. The van der Waals surface area contributed by atoms with E-state index in [-0.39, 0.29) is 24.0 Å². The van der Waals surface area contributed by atoms with Crippen molar-refractivity contribution in [2.24, 2.45) is 4.99 Å². The Morgan fingerprint density at radius 2 is 1.82 bits per heavy atom. The molecule has 0 unspecified atom stereocenters. The summed E-state index contributed by atoms with van der Waals surface area (Å²) in [6, 6.07) is 6.58. The Labute approximate surface area is 187 Å². The zero-order valence-electron chi connectivity index (χ0n) is 17.9. The van der Waals surface area contributed by atoms with E-state index in [1.54, 1.807) is 7.11 Å². The number of unbranched alkanes of at least 4 members (excludes halogenated alkanes) is 1. The SMILES string of the molecule is CN=C(NCCCCOCCOC)N1CCN(c2cccc(C)c2C)CC1.I. The number of ether oxygens (including phenoxy) is 2. The maximum absolute atomic E-state index is 5.50. The minimum atomic E-state index is 0. The summed E-state index contributed by atoms with van der Waals surface area (Å²) in [4.78, 5) is 9.31. The molecule has 1 aromatic carbocycles. The number of anilines is 1. The normalized spacial score (nSPS) is 14.8. The quantitative estimate of drug-likeness (QED) is 0.243. The van der Waals surface area contributed by atoms with Crippen LogP contribution in [0.5, 0.6) is 0 Å². The van der Waals surface area contributed by atoms with Crippen molar-refractivity contribution < 1.29 is 9.47 Å². The number of nitrogens with one attached hydrogen (secondary N) is 1. The first-order valence-corrected chi connectivity index (χ1v) is 10.0. The summed E-state index contributed by atoms with van der Waals surface area (Å²) < 4.78 is 10.5. The van der Waals surface area contributed by atoms with Gasteiger partial charge in [-0.25, -0.2) is 0 Å². The number of benzene rings is 1. The Bertz CT molecular complexity index is 590. The number of aryl methyl sites for hydroxylation is 1. The van der Waals surface area contributed by atoms with Crippen LogP contribution in [0, 0.1) is 13.8 Å². The standard InChI is InChI=1S/C21H36N4O2.HI/c1-18-8-7-9-20(19(18)2)24-11-13-25(14-12-24)21(22-3)23-10-5-6-15-27-17-16-26-4;/h7-9H,5-6,10-17H2,1-4H3,(H,22,23);1H. The molecule has 7 heteroatoms. The highest BCUT2D eigenvalue weighted by Crippen LogP contribution is 2.23. The number of methoxy groups -OCH3 is 1. The molecule has 160 valence electrons. The molecule has 0 radical (unpaired) electrons. The van der Waals surface area contributed by atoms with E-state index >= 15 is 0 Å². The van der Waals surface area contributed by atoms with Gasteiger partial charge in [0.05, 0.1) is 13.2 Å².